The highest BCUT2D eigenvalue weighted by Crippen LogP contribution is 2.00. The van der Waals surface area contributed by atoms with Crippen molar-refractivity contribution in [3.05, 3.63) is 31.1 Å². The molecule has 2 heterocycles. The lowest BCUT2D eigenvalue weighted by Crippen LogP contribution is -2.03. The van der Waals surface area contributed by atoms with E-state index in [4.69, 9.17) is 0 Å². The maximum Gasteiger partial charge on any atom is 0.221 e. The molecule has 0 fully saturated rings. The van der Waals surface area contributed by atoms with Gasteiger partial charge in [-0.1, -0.05) is 0 Å². The molecular weight excluding hydrogens is 156 g/mol. The van der Waals surface area contributed by atoms with Crippen LogP contribution in [0.25, 0.3) is 5.95 Å². The van der Waals surface area contributed by atoms with Crippen LogP contribution in [0.5, 0.6) is 0 Å². The number of rotatable bonds is 2. The fraction of sp³-hybridized carbons (Fsp3) is 0. The first-order valence-corrected chi connectivity index (χ1v) is 3.38. The van der Waals surface area contributed by atoms with Gasteiger partial charge >= 0.3 is 0 Å². The maximum absolute atomic E-state index is 10.5. The second-order valence-corrected chi connectivity index (χ2v) is 2.21. The summed E-state index contributed by atoms with van der Waals surface area (Å²) in [5, 5.41) is 0. The maximum atomic E-state index is 10.5. The van der Waals surface area contributed by atoms with E-state index in [1.807, 2.05) is 0 Å². The summed E-state index contributed by atoms with van der Waals surface area (Å²) in [4.78, 5) is 18.3. The molecule has 0 saturated heterocycles. The van der Waals surface area contributed by atoms with Crippen molar-refractivity contribution in [2.45, 2.75) is 0 Å². The monoisotopic (exact) mass is 162 g/mol. The van der Waals surface area contributed by atoms with Gasteiger partial charge in [0.15, 0.2) is 0 Å². The molecule has 2 aromatic heterocycles. The Labute approximate surface area is 68.3 Å². The Balaban J connectivity index is 2.53. The van der Waals surface area contributed by atoms with Crippen LogP contribution in [0.2, 0.25) is 0 Å². The van der Waals surface area contributed by atoms with E-state index in [1.165, 1.54) is 4.57 Å². The molecule has 0 unspecified atom stereocenters. The molecule has 0 bridgehead atoms. The molecule has 2 aromatic rings. The Bertz CT molecular complexity index is 376. The molecular formula is C7H6N4O. The molecule has 0 aliphatic heterocycles. The third-order valence-electron chi connectivity index (χ3n) is 1.50. The first kappa shape index (κ1) is 6.78. The standard InChI is InChI=1S/C7H6N4O/c12-6-11-4-2-9-7(11)10-3-1-8-5-10/h1-6H. The van der Waals surface area contributed by atoms with Gasteiger partial charge in [-0.2, -0.15) is 0 Å². The van der Waals surface area contributed by atoms with Gasteiger partial charge in [-0.3, -0.25) is 13.9 Å². The van der Waals surface area contributed by atoms with Gasteiger partial charge in [-0.15, -0.1) is 0 Å². The van der Waals surface area contributed by atoms with E-state index in [-0.39, 0.29) is 0 Å². The highest BCUT2D eigenvalue weighted by Gasteiger charge is 2.01. The van der Waals surface area contributed by atoms with Crippen LogP contribution in [-0.2, 0) is 4.79 Å². The number of imidazole rings is 2. The van der Waals surface area contributed by atoms with E-state index in [9.17, 15) is 4.79 Å². The third kappa shape index (κ3) is 0.914. The van der Waals surface area contributed by atoms with Crippen LogP contribution in [-0.4, -0.2) is 25.5 Å². The van der Waals surface area contributed by atoms with Crippen molar-refractivity contribution in [3.8, 4) is 5.95 Å². The highest BCUT2D eigenvalue weighted by atomic mass is 16.1. The van der Waals surface area contributed by atoms with E-state index >= 15 is 0 Å². The van der Waals surface area contributed by atoms with Gasteiger partial charge in [-0.25, -0.2) is 9.97 Å². The van der Waals surface area contributed by atoms with Crippen LogP contribution < -0.4 is 0 Å². The summed E-state index contributed by atoms with van der Waals surface area (Å²) < 4.78 is 3.04. The summed E-state index contributed by atoms with van der Waals surface area (Å²) in [5.41, 5.74) is 0. The topological polar surface area (TPSA) is 52.7 Å². The Hall–Kier alpha value is -1.91. The Kier molecular flexibility index (Phi) is 1.48. The molecule has 5 heteroatoms. The number of hydrogen-bond donors (Lipinski definition) is 0. The largest absolute Gasteiger partial charge is 0.278 e. The minimum Gasteiger partial charge on any atom is -0.278 e. The normalized spacial score (nSPS) is 10.0. The zero-order valence-electron chi connectivity index (χ0n) is 6.16. The second-order valence-electron chi connectivity index (χ2n) is 2.21. The average Bonchev–Trinajstić information content (AvgIpc) is 2.74. The number of hydrogen-bond acceptors (Lipinski definition) is 3. The summed E-state index contributed by atoms with van der Waals surface area (Å²) in [5.74, 6) is 0.544. The Morgan fingerprint density at radius 1 is 1.33 bits per heavy atom. The van der Waals surface area contributed by atoms with Gasteiger partial charge in [0.2, 0.25) is 12.4 Å². The van der Waals surface area contributed by atoms with Crippen molar-refractivity contribution >= 4 is 6.41 Å². The fourth-order valence-electron chi connectivity index (χ4n) is 0.965. The Morgan fingerprint density at radius 3 is 2.92 bits per heavy atom. The van der Waals surface area contributed by atoms with Crippen LogP contribution in [0.4, 0.5) is 0 Å². The second kappa shape index (κ2) is 2.61. The van der Waals surface area contributed by atoms with Gasteiger partial charge in [0, 0.05) is 24.8 Å². The molecule has 5 nitrogen and oxygen atoms in total. The van der Waals surface area contributed by atoms with E-state index < -0.39 is 0 Å². The van der Waals surface area contributed by atoms with Crippen LogP contribution in [0, 0.1) is 0 Å². The molecule has 0 aliphatic rings. The molecule has 0 amide bonds. The van der Waals surface area contributed by atoms with E-state index in [0.29, 0.717) is 12.4 Å². The van der Waals surface area contributed by atoms with Crippen LogP contribution in [0.3, 0.4) is 0 Å². The highest BCUT2D eigenvalue weighted by molar-refractivity contribution is 5.55. The van der Waals surface area contributed by atoms with Crippen molar-refractivity contribution in [2.24, 2.45) is 0 Å². The molecule has 12 heavy (non-hydrogen) atoms. The van der Waals surface area contributed by atoms with Crippen molar-refractivity contribution < 1.29 is 4.79 Å². The molecule has 2 rings (SSSR count). The number of carbonyl (C=O) groups excluding carboxylic acids is 1. The lowest BCUT2D eigenvalue weighted by Gasteiger charge is -1.98. The smallest absolute Gasteiger partial charge is 0.221 e. The summed E-state index contributed by atoms with van der Waals surface area (Å²) in [6, 6.07) is 0. The van der Waals surface area contributed by atoms with Crippen LogP contribution in [0.15, 0.2) is 31.1 Å². The van der Waals surface area contributed by atoms with E-state index in [0.717, 1.165) is 0 Å². The molecule has 0 atom stereocenters. The first-order chi connectivity index (χ1) is 5.92. The fourth-order valence-corrected chi connectivity index (χ4v) is 0.965. The van der Waals surface area contributed by atoms with E-state index in [2.05, 4.69) is 9.97 Å². The quantitative estimate of drug-likeness (QED) is 0.589. The predicted octanol–water partition coefficient (Wildman–Crippen LogP) is 0.107. The number of aromatic nitrogens is 4. The zero-order valence-corrected chi connectivity index (χ0v) is 6.16. The van der Waals surface area contributed by atoms with Gasteiger partial charge < -0.3 is 0 Å². The third-order valence-corrected chi connectivity index (χ3v) is 1.50. The van der Waals surface area contributed by atoms with Crippen molar-refractivity contribution in [1.82, 2.24) is 19.1 Å². The molecule has 0 N–H and O–H groups in total. The summed E-state index contributed by atoms with van der Waals surface area (Å²) in [7, 11) is 0. The first-order valence-electron chi connectivity index (χ1n) is 3.38. The minimum atomic E-state index is 0.544. The minimum absolute atomic E-state index is 0.544. The number of carbonyl (C=O) groups is 1. The molecule has 0 spiro atoms. The lowest BCUT2D eigenvalue weighted by molar-refractivity contribution is 0.546. The zero-order chi connectivity index (χ0) is 8.39. The van der Waals surface area contributed by atoms with Gasteiger partial charge in [0.25, 0.3) is 0 Å². The summed E-state index contributed by atoms with van der Waals surface area (Å²) in [6.07, 6.45) is 8.78. The van der Waals surface area contributed by atoms with Crippen molar-refractivity contribution in [2.75, 3.05) is 0 Å². The Morgan fingerprint density at radius 2 is 2.25 bits per heavy atom. The lowest BCUT2D eigenvalue weighted by atomic mass is 10.8. The van der Waals surface area contributed by atoms with Crippen LogP contribution >= 0.6 is 0 Å². The van der Waals surface area contributed by atoms with Gasteiger partial charge in [0.1, 0.15) is 6.33 Å². The van der Waals surface area contributed by atoms with Gasteiger partial charge in [-0.05, 0) is 0 Å². The number of nitrogens with zero attached hydrogens (tertiary/aromatic N) is 4. The molecule has 0 aliphatic carbocycles. The van der Waals surface area contributed by atoms with Crippen LogP contribution in [0.1, 0.15) is 0 Å². The predicted molar refractivity (Wildman–Crippen MR) is 41.5 cm³/mol. The SMILES string of the molecule is O=Cn1ccnc1-n1ccnc1. The van der Waals surface area contributed by atoms with Crippen molar-refractivity contribution in [3.63, 3.8) is 0 Å². The summed E-state index contributed by atoms with van der Waals surface area (Å²) in [6.45, 7) is 0. The van der Waals surface area contributed by atoms with Gasteiger partial charge in [0.05, 0.1) is 0 Å². The molecule has 0 radical (unpaired) electrons. The van der Waals surface area contributed by atoms with Crippen molar-refractivity contribution in [1.29, 1.82) is 0 Å². The van der Waals surface area contributed by atoms with E-state index in [1.54, 1.807) is 35.7 Å². The molecule has 0 aromatic carbocycles. The molecule has 60 valence electrons. The summed E-state index contributed by atoms with van der Waals surface area (Å²) >= 11 is 0. The molecule has 0 saturated carbocycles. The average molecular weight is 162 g/mol.